The second-order valence-corrected chi connectivity index (χ2v) is 8.98. The molecule has 5 nitrogen and oxygen atoms in total. The first-order valence-electron chi connectivity index (χ1n) is 11.5. The van der Waals surface area contributed by atoms with E-state index < -0.39 is 0 Å². The Morgan fingerprint density at radius 1 is 1.12 bits per heavy atom. The first-order valence-corrected chi connectivity index (χ1v) is 11.5. The molecule has 1 aliphatic carbocycles. The van der Waals surface area contributed by atoms with Gasteiger partial charge in [-0.15, -0.1) is 0 Å². The Balaban J connectivity index is 1.65. The van der Waals surface area contributed by atoms with E-state index in [1.807, 2.05) is 18.2 Å². The van der Waals surface area contributed by atoms with Crippen LogP contribution < -0.4 is 14.8 Å². The number of halogens is 1. The predicted molar refractivity (Wildman–Crippen MR) is 122 cm³/mol. The summed E-state index contributed by atoms with van der Waals surface area (Å²) in [5, 5.41) is 3.31. The van der Waals surface area contributed by atoms with Gasteiger partial charge in [0.15, 0.2) is 11.5 Å². The van der Waals surface area contributed by atoms with Gasteiger partial charge in [-0.25, -0.2) is 4.39 Å². The van der Waals surface area contributed by atoms with Crippen molar-refractivity contribution in [3.05, 3.63) is 58.9 Å². The number of nitrogens with zero attached hydrogens (tertiary/aromatic N) is 1. The van der Waals surface area contributed by atoms with Gasteiger partial charge in [0.2, 0.25) is 5.91 Å². The number of hydrogen-bond donors (Lipinski definition) is 1. The van der Waals surface area contributed by atoms with E-state index in [2.05, 4.69) is 23.2 Å². The van der Waals surface area contributed by atoms with Crippen molar-refractivity contribution in [1.82, 2.24) is 10.2 Å². The van der Waals surface area contributed by atoms with Crippen LogP contribution in [0.15, 0.2) is 36.4 Å². The summed E-state index contributed by atoms with van der Waals surface area (Å²) >= 11 is 0. The average Bonchev–Trinajstić information content (AvgIpc) is 3.34. The Morgan fingerprint density at radius 2 is 1.78 bits per heavy atom. The molecule has 0 spiro atoms. The van der Waals surface area contributed by atoms with Crippen LogP contribution in [-0.4, -0.2) is 37.6 Å². The molecule has 2 unspecified atom stereocenters. The summed E-state index contributed by atoms with van der Waals surface area (Å²) < 4.78 is 24.5. The maximum Gasteiger partial charge on any atom is 0.223 e. The molecule has 0 radical (unpaired) electrons. The summed E-state index contributed by atoms with van der Waals surface area (Å²) in [6.45, 7) is 3.61. The van der Waals surface area contributed by atoms with Gasteiger partial charge < -0.3 is 14.8 Å². The van der Waals surface area contributed by atoms with Crippen LogP contribution in [-0.2, 0) is 17.8 Å². The average molecular weight is 441 g/mol. The summed E-state index contributed by atoms with van der Waals surface area (Å²) in [6, 6.07) is 10.7. The molecule has 1 amide bonds. The Morgan fingerprint density at radius 3 is 2.44 bits per heavy atom. The van der Waals surface area contributed by atoms with Gasteiger partial charge in [0.25, 0.3) is 0 Å². The zero-order chi connectivity index (χ0) is 22.7. The van der Waals surface area contributed by atoms with E-state index in [0.717, 1.165) is 55.5 Å². The molecule has 0 aromatic heterocycles. The number of amides is 1. The molecule has 2 aromatic rings. The number of carbonyl (C=O) groups is 1. The third-order valence-electron chi connectivity index (χ3n) is 6.89. The maximum absolute atomic E-state index is 13.4. The minimum atomic E-state index is -0.233. The summed E-state index contributed by atoms with van der Waals surface area (Å²) in [5.74, 6) is 1.46. The van der Waals surface area contributed by atoms with Gasteiger partial charge >= 0.3 is 0 Å². The number of benzene rings is 2. The Labute approximate surface area is 189 Å². The minimum absolute atomic E-state index is 0.0195. The van der Waals surface area contributed by atoms with Gasteiger partial charge in [0.05, 0.1) is 20.3 Å². The first-order chi connectivity index (χ1) is 15.5. The van der Waals surface area contributed by atoms with E-state index in [9.17, 15) is 9.18 Å². The molecule has 4 rings (SSSR count). The first kappa shape index (κ1) is 22.6. The summed E-state index contributed by atoms with van der Waals surface area (Å²) in [6.07, 6.45) is 5.09. The van der Waals surface area contributed by atoms with Crippen molar-refractivity contribution in [2.24, 2.45) is 5.92 Å². The van der Waals surface area contributed by atoms with Crippen LogP contribution in [0.5, 0.6) is 11.5 Å². The zero-order valence-electron chi connectivity index (χ0n) is 19.2. The van der Waals surface area contributed by atoms with Crippen molar-refractivity contribution in [2.75, 3.05) is 20.8 Å². The number of nitrogens with one attached hydrogen (secondary N) is 1. The van der Waals surface area contributed by atoms with Crippen LogP contribution in [0.2, 0.25) is 0 Å². The Bertz CT molecular complexity index is 941. The Kier molecular flexibility index (Phi) is 6.99. The molecule has 1 fully saturated rings. The van der Waals surface area contributed by atoms with Crippen molar-refractivity contribution in [1.29, 1.82) is 0 Å². The van der Waals surface area contributed by atoms with Crippen LogP contribution in [0, 0.1) is 11.7 Å². The number of fused-ring (bicyclic) bond motifs is 1. The number of methoxy groups -OCH3 is 2. The number of hydrogen-bond acceptors (Lipinski definition) is 4. The van der Waals surface area contributed by atoms with Crippen LogP contribution in [0.3, 0.4) is 0 Å². The topological polar surface area (TPSA) is 50.8 Å². The highest BCUT2D eigenvalue weighted by molar-refractivity contribution is 5.79. The maximum atomic E-state index is 13.4. The summed E-state index contributed by atoms with van der Waals surface area (Å²) in [4.78, 5) is 15.3. The second-order valence-electron chi connectivity index (χ2n) is 8.98. The smallest absolute Gasteiger partial charge is 0.223 e. The molecule has 6 heteroatoms. The molecule has 32 heavy (non-hydrogen) atoms. The van der Waals surface area contributed by atoms with E-state index in [0.29, 0.717) is 12.3 Å². The molecule has 1 heterocycles. The molecule has 1 aliphatic heterocycles. The lowest BCUT2D eigenvalue weighted by Crippen LogP contribution is -2.48. The number of carbonyl (C=O) groups excluding carboxylic acids is 1. The van der Waals surface area contributed by atoms with E-state index in [1.54, 1.807) is 14.2 Å². The van der Waals surface area contributed by atoms with Crippen molar-refractivity contribution in [3.63, 3.8) is 0 Å². The van der Waals surface area contributed by atoms with Crippen LogP contribution in [0.1, 0.15) is 55.3 Å². The normalized spacial score (nSPS) is 19.9. The summed E-state index contributed by atoms with van der Waals surface area (Å²) in [7, 11) is 3.29. The quantitative estimate of drug-likeness (QED) is 0.682. The third-order valence-corrected chi connectivity index (χ3v) is 6.89. The predicted octanol–water partition coefficient (Wildman–Crippen LogP) is 4.64. The lowest BCUT2D eigenvalue weighted by atomic mass is 9.87. The van der Waals surface area contributed by atoms with Crippen LogP contribution in [0.4, 0.5) is 4.39 Å². The van der Waals surface area contributed by atoms with Crippen molar-refractivity contribution < 1.29 is 18.7 Å². The molecule has 2 aliphatic rings. The molecule has 172 valence electrons. The molecule has 0 saturated heterocycles. The highest BCUT2D eigenvalue weighted by Gasteiger charge is 2.35. The lowest BCUT2D eigenvalue weighted by Gasteiger charge is -2.41. The number of ether oxygens (including phenoxy) is 2. The Hall–Kier alpha value is -2.60. The van der Waals surface area contributed by atoms with E-state index in [1.165, 1.54) is 17.7 Å². The standard InChI is InChI=1S/C26H33FN2O3/c1-17(28-26(30)19-6-4-5-7-19)25-22-15-24(32-3)23(31-2)14-20(22)12-13-29(25)16-18-8-10-21(27)11-9-18/h8-11,14-15,17,19,25H,4-7,12-13,16H2,1-3H3,(H,28,30). The van der Waals surface area contributed by atoms with Gasteiger partial charge in [-0.05, 0) is 67.1 Å². The highest BCUT2D eigenvalue weighted by Crippen LogP contribution is 2.40. The monoisotopic (exact) mass is 440 g/mol. The van der Waals surface area contributed by atoms with E-state index >= 15 is 0 Å². The highest BCUT2D eigenvalue weighted by atomic mass is 19.1. The van der Waals surface area contributed by atoms with Gasteiger partial charge in [0, 0.05) is 25.0 Å². The van der Waals surface area contributed by atoms with Gasteiger partial charge in [-0.2, -0.15) is 0 Å². The summed E-state index contributed by atoms with van der Waals surface area (Å²) in [5.41, 5.74) is 3.41. The van der Waals surface area contributed by atoms with Crippen molar-refractivity contribution >= 4 is 5.91 Å². The van der Waals surface area contributed by atoms with E-state index in [4.69, 9.17) is 9.47 Å². The lowest BCUT2D eigenvalue weighted by molar-refractivity contribution is -0.126. The third kappa shape index (κ3) is 4.75. The van der Waals surface area contributed by atoms with Crippen LogP contribution in [0.25, 0.3) is 0 Å². The minimum Gasteiger partial charge on any atom is -0.493 e. The second kappa shape index (κ2) is 9.90. The zero-order valence-corrected chi connectivity index (χ0v) is 19.2. The van der Waals surface area contributed by atoms with Gasteiger partial charge in [-0.3, -0.25) is 9.69 Å². The molecule has 1 N–H and O–H groups in total. The van der Waals surface area contributed by atoms with Crippen LogP contribution >= 0.6 is 0 Å². The van der Waals surface area contributed by atoms with E-state index in [-0.39, 0.29) is 29.7 Å². The van der Waals surface area contributed by atoms with Gasteiger partial charge in [-0.1, -0.05) is 25.0 Å². The molecule has 2 aromatic carbocycles. The molecule has 0 bridgehead atoms. The molecular formula is C26H33FN2O3. The fraction of sp³-hybridized carbons (Fsp3) is 0.500. The largest absolute Gasteiger partial charge is 0.493 e. The fourth-order valence-electron chi connectivity index (χ4n) is 5.22. The fourth-order valence-corrected chi connectivity index (χ4v) is 5.22. The van der Waals surface area contributed by atoms with Gasteiger partial charge in [0.1, 0.15) is 5.82 Å². The molecular weight excluding hydrogens is 407 g/mol. The molecule has 1 saturated carbocycles. The van der Waals surface area contributed by atoms with Crippen molar-refractivity contribution in [3.8, 4) is 11.5 Å². The van der Waals surface area contributed by atoms with Crippen molar-refractivity contribution in [2.45, 2.75) is 57.7 Å². The molecule has 2 atom stereocenters. The number of rotatable bonds is 7. The SMILES string of the molecule is COc1cc2c(cc1OC)C(C(C)NC(=O)C1CCCC1)N(Cc1ccc(F)cc1)CC2.